The number of rotatable bonds is 8. The largest absolute Gasteiger partial charge is 0.496 e. The molecule has 2 unspecified atom stereocenters. The van der Waals surface area contributed by atoms with Crippen LogP contribution in [-0.4, -0.2) is 38.2 Å². The van der Waals surface area contributed by atoms with Gasteiger partial charge in [0.1, 0.15) is 5.75 Å². The summed E-state index contributed by atoms with van der Waals surface area (Å²) in [6, 6.07) is 8.58. The molecule has 0 aromatic heterocycles. The normalized spacial score (nSPS) is 15.9. The third kappa shape index (κ3) is 3.53. The minimum absolute atomic E-state index is 0.0454. The standard InChI is InChI=1S/C17H30N2O/c1-7-13-18-16(17(3,8-2)19(4)5)14-11-9-10-12-15(14)20-6/h9-12,16,18H,7-8,13H2,1-6H3. The molecule has 3 nitrogen and oxygen atoms in total. The van der Waals surface area contributed by atoms with Gasteiger partial charge >= 0.3 is 0 Å². The highest BCUT2D eigenvalue weighted by atomic mass is 16.5. The first kappa shape index (κ1) is 17.0. The van der Waals surface area contributed by atoms with Crippen LogP contribution >= 0.6 is 0 Å². The van der Waals surface area contributed by atoms with Gasteiger partial charge in [-0.1, -0.05) is 32.0 Å². The monoisotopic (exact) mass is 278 g/mol. The lowest BCUT2D eigenvalue weighted by Crippen LogP contribution is -2.51. The number of likely N-dealkylation sites (N-methyl/N-ethyl adjacent to an activating group) is 1. The molecule has 0 amide bonds. The molecule has 0 radical (unpaired) electrons. The Labute approximate surface area is 124 Å². The van der Waals surface area contributed by atoms with Gasteiger partial charge in [0, 0.05) is 11.1 Å². The molecule has 1 rings (SSSR count). The van der Waals surface area contributed by atoms with Crippen molar-refractivity contribution in [3.63, 3.8) is 0 Å². The van der Waals surface area contributed by atoms with Crippen LogP contribution in [-0.2, 0) is 0 Å². The summed E-state index contributed by atoms with van der Waals surface area (Å²) in [5, 5.41) is 3.71. The van der Waals surface area contributed by atoms with E-state index < -0.39 is 0 Å². The van der Waals surface area contributed by atoms with Gasteiger partial charge in [0.2, 0.25) is 0 Å². The van der Waals surface area contributed by atoms with Crippen molar-refractivity contribution >= 4 is 0 Å². The van der Waals surface area contributed by atoms with Crippen molar-refractivity contribution in [2.75, 3.05) is 27.7 Å². The van der Waals surface area contributed by atoms with Gasteiger partial charge in [-0.3, -0.25) is 0 Å². The predicted molar refractivity (Wildman–Crippen MR) is 86.4 cm³/mol. The summed E-state index contributed by atoms with van der Waals surface area (Å²) >= 11 is 0. The lowest BCUT2D eigenvalue weighted by Gasteiger charge is -2.43. The summed E-state index contributed by atoms with van der Waals surface area (Å²) in [7, 11) is 6.05. The smallest absolute Gasteiger partial charge is 0.123 e. The van der Waals surface area contributed by atoms with E-state index >= 15 is 0 Å². The molecule has 20 heavy (non-hydrogen) atoms. The molecule has 0 spiro atoms. The van der Waals surface area contributed by atoms with E-state index in [0.717, 1.165) is 25.1 Å². The minimum atomic E-state index is 0.0454. The predicted octanol–water partition coefficient (Wildman–Crippen LogP) is 3.47. The number of hydrogen-bond acceptors (Lipinski definition) is 3. The number of nitrogens with zero attached hydrogens (tertiary/aromatic N) is 1. The van der Waals surface area contributed by atoms with Gasteiger partial charge < -0.3 is 15.0 Å². The van der Waals surface area contributed by atoms with Crippen LogP contribution in [0.3, 0.4) is 0 Å². The SMILES string of the molecule is CCCNC(c1ccccc1OC)C(C)(CC)N(C)C. The zero-order valence-electron chi connectivity index (χ0n) is 13.9. The molecule has 0 bridgehead atoms. The lowest BCUT2D eigenvalue weighted by molar-refractivity contribution is 0.111. The second-order valence-corrected chi connectivity index (χ2v) is 5.73. The molecule has 1 aromatic rings. The number of methoxy groups -OCH3 is 1. The second kappa shape index (κ2) is 7.65. The fourth-order valence-corrected chi connectivity index (χ4v) is 2.64. The minimum Gasteiger partial charge on any atom is -0.496 e. The molecule has 0 aliphatic heterocycles. The molecule has 0 aliphatic carbocycles. The molecule has 0 saturated heterocycles. The lowest BCUT2D eigenvalue weighted by atomic mass is 9.83. The summed E-state index contributed by atoms with van der Waals surface area (Å²) in [6.45, 7) is 7.76. The molecule has 2 atom stereocenters. The van der Waals surface area contributed by atoms with Crippen molar-refractivity contribution in [2.45, 2.75) is 45.2 Å². The van der Waals surface area contributed by atoms with E-state index in [1.54, 1.807) is 7.11 Å². The number of ether oxygens (including phenoxy) is 1. The highest BCUT2D eigenvalue weighted by molar-refractivity contribution is 5.38. The topological polar surface area (TPSA) is 24.5 Å². The molecule has 1 aromatic carbocycles. The molecule has 3 heteroatoms. The summed E-state index contributed by atoms with van der Waals surface area (Å²) in [4.78, 5) is 2.31. The molecule has 0 fully saturated rings. The van der Waals surface area contributed by atoms with E-state index in [1.807, 2.05) is 12.1 Å². The summed E-state index contributed by atoms with van der Waals surface area (Å²) in [5.41, 5.74) is 1.28. The number of nitrogens with one attached hydrogen (secondary N) is 1. The molecule has 0 aliphatic rings. The van der Waals surface area contributed by atoms with Crippen molar-refractivity contribution < 1.29 is 4.74 Å². The maximum Gasteiger partial charge on any atom is 0.123 e. The Morgan fingerprint density at radius 3 is 2.40 bits per heavy atom. The number of para-hydroxylation sites is 1. The third-order valence-corrected chi connectivity index (χ3v) is 4.41. The fourth-order valence-electron chi connectivity index (χ4n) is 2.64. The summed E-state index contributed by atoms with van der Waals surface area (Å²) in [6.07, 6.45) is 2.19. The van der Waals surface area contributed by atoms with E-state index in [9.17, 15) is 0 Å². The van der Waals surface area contributed by atoms with Gasteiger partial charge in [-0.15, -0.1) is 0 Å². The quantitative estimate of drug-likeness (QED) is 0.788. The first-order valence-corrected chi connectivity index (χ1v) is 7.55. The molecule has 1 N–H and O–H groups in total. The first-order chi connectivity index (χ1) is 9.51. The van der Waals surface area contributed by atoms with Crippen LogP contribution in [0.1, 0.15) is 45.2 Å². The Hall–Kier alpha value is -1.06. The van der Waals surface area contributed by atoms with Crippen LogP contribution in [0.15, 0.2) is 24.3 Å². The summed E-state index contributed by atoms with van der Waals surface area (Å²) in [5.74, 6) is 0.961. The Balaban J connectivity index is 3.23. The van der Waals surface area contributed by atoms with Crippen LogP contribution in [0.5, 0.6) is 5.75 Å². The Morgan fingerprint density at radius 2 is 1.90 bits per heavy atom. The third-order valence-electron chi connectivity index (χ3n) is 4.41. The van der Waals surface area contributed by atoms with Gasteiger partial charge in [-0.2, -0.15) is 0 Å². The van der Waals surface area contributed by atoms with Gasteiger partial charge in [-0.25, -0.2) is 0 Å². The zero-order chi connectivity index (χ0) is 15.2. The van der Waals surface area contributed by atoms with Gasteiger partial charge in [0.25, 0.3) is 0 Å². The van der Waals surface area contributed by atoms with Crippen LogP contribution in [0.2, 0.25) is 0 Å². The van der Waals surface area contributed by atoms with E-state index in [4.69, 9.17) is 4.74 Å². The Morgan fingerprint density at radius 1 is 1.25 bits per heavy atom. The van der Waals surface area contributed by atoms with Crippen molar-refractivity contribution in [3.05, 3.63) is 29.8 Å². The van der Waals surface area contributed by atoms with E-state index in [0.29, 0.717) is 0 Å². The molecular formula is C17H30N2O. The van der Waals surface area contributed by atoms with Gasteiger partial charge in [-0.05, 0) is 46.5 Å². The van der Waals surface area contributed by atoms with Crippen molar-refractivity contribution in [1.29, 1.82) is 0 Å². The van der Waals surface area contributed by atoms with Crippen LogP contribution < -0.4 is 10.1 Å². The van der Waals surface area contributed by atoms with Crippen molar-refractivity contribution in [1.82, 2.24) is 10.2 Å². The van der Waals surface area contributed by atoms with Crippen molar-refractivity contribution in [2.24, 2.45) is 0 Å². The Kier molecular flexibility index (Phi) is 6.50. The molecule has 0 heterocycles. The maximum absolute atomic E-state index is 5.57. The first-order valence-electron chi connectivity index (χ1n) is 7.55. The van der Waals surface area contributed by atoms with Gasteiger partial charge in [0.15, 0.2) is 0 Å². The van der Waals surface area contributed by atoms with E-state index in [-0.39, 0.29) is 11.6 Å². The molecule has 0 saturated carbocycles. The summed E-state index contributed by atoms with van der Waals surface area (Å²) < 4.78 is 5.57. The Bertz CT molecular complexity index is 406. The van der Waals surface area contributed by atoms with Crippen LogP contribution in [0, 0.1) is 0 Å². The fraction of sp³-hybridized carbons (Fsp3) is 0.647. The van der Waals surface area contributed by atoms with Gasteiger partial charge in [0.05, 0.1) is 13.2 Å². The average molecular weight is 278 g/mol. The van der Waals surface area contributed by atoms with Crippen LogP contribution in [0.25, 0.3) is 0 Å². The number of hydrogen-bond donors (Lipinski definition) is 1. The highest BCUT2D eigenvalue weighted by Crippen LogP contribution is 2.37. The second-order valence-electron chi connectivity index (χ2n) is 5.73. The maximum atomic E-state index is 5.57. The molecule has 114 valence electrons. The van der Waals surface area contributed by atoms with E-state index in [2.05, 4.69) is 57.2 Å². The highest BCUT2D eigenvalue weighted by Gasteiger charge is 2.36. The average Bonchev–Trinajstić information content (AvgIpc) is 2.47. The van der Waals surface area contributed by atoms with Crippen LogP contribution in [0.4, 0.5) is 0 Å². The van der Waals surface area contributed by atoms with Crippen molar-refractivity contribution in [3.8, 4) is 5.75 Å². The van der Waals surface area contributed by atoms with E-state index in [1.165, 1.54) is 5.56 Å². The number of benzene rings is 1. The zero-order valence-corrected chi connectivity index (χ0v) is 13.9. The molecular weight excluding hydrogens is 248 g/mol.